The fourth-order valence-corrected chi connectivity index (χ4v) is 1.51. The molecule has 3 rings (SSSR count). The third-order valence-corrected chi connectivity index (χ3v) is 2.59. The molecule has 1 aromatic heterocycles. The van der Waals surface area contributed by atoms with Crippen molar-refractivity contribution in [1.29, 1.82) is 0 Å². The molecule has 0 aliphatic carbocycles. The van der Waals surface area contributed by atoms with Crippen molar-refractivity contribution >= 4 is 0 Å². The predicted octanol–water partition coefficient (Wildman–Crippen LogP) is -1.80. The van der Waals surface area contributed by atoms with Crippen molar-refractivity contribution in [3.05, 3.63) is 27.0 Å². The molecule has 86 valence electrons. The lowest BCUT2D eigenvalue weighted by Gasteiger charge is -2.05. The molecule has 2 saturated heterocycles. The van der Waals surface area contributed by atoms with Gasteiger partial charge in [-0.3, -0.25) is 9.36 Å². The highest BCUT2D eigenvalue weighted by atomic mass is 16.6. The minimum Gasteiger partial charge on any atom is -0.371 e. The molecule has 0 bridgehead atoms. The van der Waals surface area contributed by atoms with Gasteiger partial charge in [-0.2, -0.15) is 5.10 Å². The molecule has 16 heavy (non-hydrogen) atoms. The van der Waals surface area contributed by atoms with Crippen LogP contribution in [-0.4, -0.2) is 39.8 Å². The number of ether oxygens (including phenoxy) is 2. The zero-order valence-electron chi connectivity index (χ0n) is 8.54. The van der Waals surface area contributed by atoms with Crippen LogP contribution < -0.4 is 11.2 Å². The topological polar surface area (TPSA) is 82.0 Å². The molecule has 0 radical (unpaired) electrons. The molecular weight excluding hydrogens is 214 g/mol. The summed E-state index contributed by atoms with van der Waals surface area (Å²) in [5, 5.41) is 3.80. The fraction of sp³-hybridized carbons (Fsp3) is 0.667. The minimum atomic E-state index is -0.390. The summed E-state index contributed by atoms with van der Waals surface area (Å²) in [5.74, 6) is 0. The van der Waals surface area contributed by atoms with Gasteiger partial charge >= 0.3 is 5.69 Å². The summed E-state index contributed by atoms with van der Waals surface area (Å²) in [6.45, 7) is 1.98. The summed E-state index contributed by atoms with van der Waals surface area (Å²) in [6, 6.07) is 0. The average molecular weight is 225 g/mol. The van der Waals surface area contributed by atoms with Crippen LogP contribution in [0, 0.1) is 0 Å². The maximum atomic E-state index is 11.9. The third-order valence-electron chi connectivity index (χ3n) is 2.59. The van der Waals surface area contributed by atoms with Crippen LogP contribution in [0.15, 0.2) is 15.8 Å². The SMILES string of the molecule is O=c1cnn(CC2CO2)c(=O)n1CC1CO1. The first-order chi connectivity index (χ1) is 7.74. The highest BCUT2D eigenvalue weighted by molar-refractivity contribution is 4.82. The Bertz CT molecular complexity index is 512. The predicted molar refractivity (Wildman–Crippen MR) is 52.2 cm³/mol. The second kappa shape index (κ2) is 3.53. The van der Waals surface area contributed by atoms with E-state index in [1.54, 1.807) is 0 Å². The molecule has 2 unspecified atom stereocenters. The van der Waals surface area contributed by atoms with Gasteiger partial charge < -0.3 is 9.47 Å². The summed E-state index contributed by atoms with van der Waals surface area (Å²) < 4.78 is 12.4. The Morgan fingerprint density at radius 1 is 1.25 bits per heavy atom. The average Bonchev–Trinajstić information content (AvgIpc) is 3.11. The molecule has 0 saturated carbocycles. The maximum absolute atomic E-state index is 11.9. The van der Waals surface area contributed by atoms with Crippen molar-refractivity contribution in [2.24, 2.45) is 0 Å². The Morgan fingerprint density at radius 3 is 2.50 bits per heavy atom. The Labute approximate surface area is 90.2 Å². The summed E-state index contributed by atoms with van der Waals surface area (Å²) in [6.07, 6.45) is 1.22. The van der Waals surface area contributed by atoms with Crippen molar-refractivity contribution in [3.63, 3.8) is 0 Å². The number of aromatic nitrogens is 3. The van der Waals surface area contributed by atoms with Crippen LogP contribution in [-0.2, 0) is 22.6 Å². The van der Waals surface area contributed by atoms with E-state index in [1.165, 1.54) is 4.68 Å². The first-order valence-electron chi connectivity index (χ1n) is 5.14. The van der Waals surface area contributed by atoms with Crippen molar-refractivity contribution in [3.8, 4) is 0 Å². The summed E-state index contributed by atoms with van der Waals surface area (Å²) >= 11 is 0. The van der Waals surface area contributed by atoms with Gasteiger partial charge in [-0.25, -0.2) is 9.48 Å². The second-order valence-corrected chi connectivity index (χ2v) is 3.97. The van der Waals surface area contributed by atoms with E-state index in [0.717, 1.165) is 10.8 Å². The standard InChI is InChI=1S/C9H11N3O4/c13-8-1-10-12(3-7-5-16-7)9(14)11(8)2-6-4-15-6/h1,6-7H,2-5H2. The molecule has 3 heterocycles. The molecule has 0 spiro atoms. The Morgan fingerprint density at radius 2 is 1.88 bits per heavy atom. The van der Waals surface area contributed by atoms with E-state index >= 15 is 0 Å². The molecular formula is C9H11N3O4. The summed E-state index contributed by atoms with van der Waals surface area (Å²) in [7, 11) is 0. The smallest absolute Gasteiger partial charge is 0.347 e. The molecule has 2 aliphatic rings. The monoisotopic (exact) mass is 225 g/mol. The van der Waals surface area contributed by atoms with Gasteiger partial charge in [-0.05, 0) is 0 Å². The van der Waals surface area contributed by atoms with Gasteiger partial charge in [0.15, 0.2) is 0 Å². The van der Waals surface area contributed by atoms with E-state index in [0.29, 0.717) is 26.3 Å². The minimum absolute atomic E-state index is 0.00146. The van der Waals surface area contributed by atoms with E-state index in [-0.39, 0.29) is 17.8 Å². The van der Waals surface area contributed by atoms with Crippen LogP contribution in [0.3, 0.4) is 0 Å². The fourth-order valence-electron chi connectivity index (χ4n) is 1.51. The first-order valence-corrected chi connectivity index (χ1v) is 5.14. The number of epoxide rings is 2. The number of rotatable bonds is 4. The van der Waals surface area contributed by atoms with E-state index in [4.69, 9.17) is 9.47 Å². The van der Waals surface area contributed by atoms with Crippen LogP contribution in [0.5, 0.6) is 0 Å². The van der Waals surface area contributed by atoms with Crippen LogP contribution in [0.4, 0.5) is 0 Å². The van der Waals surface area contributed by atoms with E-state index < -0.39 is 5.69 Å². The second-order valence-electron chi connectivity index (χ2n) is 3.97. The van der Waals surface area contributed by atoms with Crippen LogP contribution in [0.25, 0.3) is 0 Å². The Kier molecular flexibility index (Phi) is 2.15. The summed E-state index contributed by atoms with van der Waals surface area (Å²) in [4.78, 5) is 23.3. The molecule has 0 N–H and O–H groups in total. The molecule has 7 heteroatoms. The number of nitrogens with zero attached hydrogens (tertiary/aromatic N) is 3. The highest BCUT2D eigenvalue weighted by Crippen LogP contribution is 2.10. The highest BCUT2D eigenvalue weighted by Gasteiger charge is 2.27. The molecule has 2 atom stereocenters. The normalized spacial score (nSPS) is 26.8. The molecule has 0 aromatic carbocycles. The van der Waals surface area contributed by atoms with Gasteiger partial charge in [-0.15, -0.1) is 0 Å². The van der Waals surface area contributed by atoms with Gasteiger partial charge in [0.2, 0.25) is 0 Å². The lowest BCUT2D eigenvalue weighted by molar-refractivity contribution is 0.346. The largest absolute Gasteiger partial charge is 0.371 e. The Balaban J connectivity index is 1.93. The van der Waals surface area contributed by atoms with Gasteiger partial charge in [0, 0.05) is 0 Å². The number of hydrogen-bond donors (Lipinski definition) is 0. The molecule has 1 aromatic rings. The van der Waals surface area contributed by atoms with Gasteiger partial charge in [-0.1, -0.05) is 0 Å². The van der Waals surface area contributed by atoms with Crippen LogP contribution >= 0.6 is 0 Å². The molecule has 0 amide bonds. The van der Waals surface area contributed by atoms with Crippen molar-refractivity contribution < 1.29 is 9.47 Å². The molecule has 7 nitrogen and oxygen atoms in total. The maximum Gasteiger partial charge on any atom is 0.347 e. The zero-order valence-corrected chi connectivity index (χ0v) is 8.54. The van der Waals surface area contributed by atoms with Gasteiger partial charge in [0.25, 0.3) is 5.56 Å². The third kappa shape index (κ3) is 1.91. The quantitative estimate of drug-likeness (QED) is 0.565. The lowest BCUT2D eigenvalue weighted by Crippen LogP contribution is -2.42. The lowest BCUT2D eigenvalue weighted by atomic mass is 10.4. The zero-order chi connectivity index (χ0) is 11.1. The Hall–Kier alpha value is -1.47. The van der Waals surface area contributed by atoms with E-state index in [2.05, 4.69) is 5.10 Å². The van der Waals surface area contributed by atoms with Gasteiger partial charge in [0.05, 0.1) is 32.4 Å². The number of hydrogen-bond acceptors (Lipinski definition) is 5. The van der Waals surface area contributed by atoms with Crippen molar-refractivity contribution in [1.82, 2.24) is 14.3 Å². The van der Waals surface area contributed by atoms with Crippen molar-refractivity contribution in [2.45, 2.75) is 25.3 Å². The summed E-state index contributed by atoms with van der Waals surface area (Å²) in [5.41, 5.74) is -0.771. The van der Waals surface area contributed by atoms with Crippen molar-refractivity contribution in [2.75, 3.05) is 13.2 Å². The van der Waals surface area contributed by atoms with E-state index in [9.17, 15) is 9.59 Å². The van der Waals surface area contributed by atoms with Crippen LogP contribution in [0.2, 0.25) is 0 Å². The molecule has 2 aliphatic heterocycles. The van der Waals surface area contributed by atoms with Crippen LogP contribution in [0.1, 0.15) is 0 Å². The molecule has 2 fully saturated rings. The van der Waals surface area contributed by atoms with E-state index in [1.807, 2.05) is 0 Å². The first kappa shape index (κ1) is 9.73. The van der Waals surface area contributed by atoms with Gasteiger partial charge in [0.1, 0.15) is 12.3 Å².